The first kappa shape index (κ1) is 17.0. The molecule has 0 unspecified atom stereocenters. The third kappa shape index (κ3) is 2.35. The molecule has 0 saturated carbocycles. The van der Waals surface area contributed by atoms with E-state index < -0.39 is 0 Å². The van der Waals surface area contributed by atoms with Gasteiger partial charge < -0.3 is 4.57 Å². The maximum atomic E-state index is 4.53. The number of thiophene rings is 1. The molecule has 0 spiro atoms. The molecule has 0 amide bonds. The summed E-state index contributed by atoms with van der Waals surface area (Å²) in [6.45, 7) is 0. The fourth-order valence-corrected chi connectivity index (χ4v) is 6.12. The lowest BCUT2D eigenvalue weighted by molar-refractivity contribution is 0.925. The molecule has 0 aliphatic heterocycles. The Bertz CT molecular complexity index is 1800. The zero-order valence-corrected chi connectivity index (χ0v) is 17.8. The summed E-state index contributed by atoms with van der Waals surface area (Å²) in [4.78, 5) is 4.53. The Kier molecular flexibility index (Phi) is 3.39. The Labute approximate surface area is 183 Å². The SMILES string of the molecule is Cn1ccnc1-c1ccc2c(c1)sc1cc3c4ccccc4c4ccccc4c3cc12. The summed E-state index contributed by atoms with van der Waals surface area (Å²) < 4.78 is 4.71. The smallest absolute Gasteiger partial charge is 0.139 e. The third-order valence-electron chi connectivity index (χ3n) is 6.42. The molecular formula is C28H18N2S. The van der Waals surface area contributed by atoms with Crippen LogP contribution in [0.25, 0.3) is 63.9 Å². The van der Waals surface area contributed by atoms with Gasteiger partial charge in [0.15, 0.2) is 0 Å². The van der Waals surface area contributed by atoms with E-state index in [0.717, 1.165) is 11.4 Å². The van der Waals surface area contributed by atoms with Crippen molar-refractivity contribution in [3.8, 4) is 11.4 Å². The van der Waals surface area contributed by atoms with Gasteiger partial charge in [0.25, 0.3) is 0 Å². The number of nitrogens with zero attached hydrogens (tertiary/aromatic N) is 2. The lowest BCUT2D eigenvalue weighted by Gasteiger charge is -2.10. The molecule has 0 fully saturated rings. The largest absolute Gasteiger partial charge is 0.334 e. The Balaban J connectivity index is 1.62. The van der Waals surface area contributed by atoms with Gasteiger partial charge in [0.2, 0.25) is 0 Å². The zero-order valence-electron chi connectivity index (χ0n) is 17.0. The average molecular weight is 415 g/mol. The predicted molar refractivity (Wildman–Crippen MR) is 134 cm³/mol. The second-order valence-corrected chi connectivity index (χ2v) is 9.24. The molecule has 2 heterocycles. The summed E-state index contributed by atoms with van der Waals surface area (Å²) in [5.74, 6) is 1.00. The van der Waals surface area contributed by atoms with Gasteiger partial charge in [-0.3, -0.25) is 0 Å². The second-order valence-electron chi connectivity index (χ2n) is 8.16. The number of aryl methyl sites for hydroxylation is 1. The summed E-state index contributed by atoms with van der Waals surface area (Å²) in [6.07, 6.45) is 3.85. The van der Waals surface area contributed by atoms with Gasteiger partial charge in [-0.2, -0.15) is 0 Å². The molecule has 0 N–H and O–H groups in total. The number of aromatic nitrogens is 2. The van der Waals surface area contributed by atoms with E-state index >= 15 is 0 Å². The molecule has 5 aromatic carbocycles. The van der Waals surface area contributed by atoms with Crippen LogP contribution in [0.5, 0.6) is 0 Å². The standard InChI is InChI=1S/C28H18N2S/c1-30-13-12-29-28(30)17-10-11-22-25-15-23-20-8-4-2-6-18(20)19-7-3-5-9-21(19)24(23)16-27(25)31-26(22)14-17/h2-16H,1H3. The van der Waals surface area contributed by atoms with Crippen LogP contribution in [0.15, 0.2) is 91.3 Å². The number of imidazole rings is 1. The number of rotatable bonds is 1. The van der Waals surface area contributed by atoms with E-state index in [-0.39, 0.29) is 0 Å². The van der Waals surface area contributed by atoms with E-state index in [4.69, 9.17) is 0 Å². The molecule has 31 heavy (non-hydrogen) atoms. The molecule has 7 aromatic rings. The van der Waals surface area contributed by atoms with Crippen LogP contribution in [0.1, 0.15) is 0 Å². The van der Waals surface area contributed by atoms with E-state index in [1.165, 1.54) is 52.5 Å². The van der Waals surface area contributed by atoms with Crippen LogP contribution >= 0.6 is 11.3 Å². The highest BCUT2D eigenvalue weighted by Gasteiger charge is 2.13. The van der Waals surface area contributed by atoms with Crippen LogP contribution in [-0.4, -0.2) is 9.55 Å². The van der Waals surface area contributed by atoms with E-state index in [2.05, 4.69) is 88.4 Å². The van der Waals surface area contributed by atoms with E-state index in [1.54, 1.807) is 0 Å². The lowest BCUT2D eigenvalue weighted by Crippen LogP contribution is -1.90. The summed E-state index contributed by atoms with van der Waals surface area (Å²) in [5.41, 5.74) is 1.16. The molecule has 0 aliphatic carbocycles. The van der Waals surface area contributed by atoms with Gasteiger partial charge in [0.05, 0.1) is 0 Å². The molecule has 0 aliphatic rings. The molecule has 3 heteroatoms. The zero-order chi connectivity index (χ0) is 20.5. The first-order chi connectivity index (χ1) is 15.3. The highest BCUT2D eigenvalue weighted by molar-refractivity contribution is 7.26. The first-order valence-corrected chi connectivity index (χ1v) is 11.3. The van der Waals surface area contributed by atoms with E-state index in [1.807, 2.05) is 30.8 Å². The Morgan fingerprint density at radius 3 is 1.87 bits per heavy atom. The van der Waals surface area contributed by atoms with Crippen molar-refractivity contribution in [2.24, 2.45) is 7.05 Å². The van der Waals surface area contributed by atoms with Gasteiger partial charge in [-0.25, -0.2) is 4.98 Å². The minimum atomic E-state index is 1.00. The topological polar surface area (TPSA) is 17.8 Å². The van der Waals surface area contributed by atoms with Crippen LogP contribution in [-0.2, 0) is 7.05 Å². The fraction of sp³-hybridized carbons (Fsp3) is 0.0357. The molecule has 0 radical (unpaired) electrons. The van der Waals surface area contributed by atoms with Crippen LogP contribution < -0.4 is 0 Å². The summed E-state index contributed by atoms with van der Waals surface area (Å²) in [5, 5.41) is 10.6. The minimum Gasteiger partial charge on any atom is -0.334 e. The van der Waals surface area contributed by atoms with Crippen molar-refractivity contribution >= 4 is 63.8 Å². The van der Waals surface area contributed by atoms with Gasteiger partial charge in [0, 0.05) is 45.2 Å². The predicted octanol–water partition coefficient (Wildman–Crippen LogP) is 7.91. The number of hydrogen-bond donors (Lipinski definition) is 0. The summed E-state index contributed by atoms with van der Waals surface area (Å²) in [7, 11) is 2.04. The van der Waals surface area contributed by atoms with Crippen molar-refractivity contribution in [1.82, 2.24) is 9.55 Å². The molecule has 0 saturated heterocycles. The van der Waals surface area contributed by atoms with E-state index in [9.17, 15) is 0 Å². The highest BCUT2D eigenvalue weighted by Crippen LogP contribution is 2.42. The minimum absolute atomic E-state index is 1.00. The highest BCUT2D eigenvalue weighted by atomic mass is 32.1. The molecule has 0 bridgehead atoms. The van der Waals surface area contributed by atoms with Gasteiger partial charge in [0.1, 0.15) is 5.82 Å². The normalized spacial score (nSPS) is 12.0. The van der Waals surface area contributed by atoms with Crippen molar-refractivity contribution < 1.29 is 0 Å². The Hall–Kier alpha value is -3.69. The van der Waals surface area contributed by atoms with Gasteiger partial charge in [-0.05, 0) is 50.5 Å². The number of fused-ring (bicyclic) bond motifs is 9. The monoisotopic (exact) mass is 414 g/mol. The average Bonchev–Trinajstić information content (AvgIpc) is 3.40. The van der Waals surface area contributed by atoms with Crippen molar-refractivity contribution in [3.05, 3.63) is 91.3 Å². The van der Waals surface area contributed by atoms with Crippen molar-refractivity contribution in [2.75, 3.05) is 0 Å². The molecule has 7 rings (SSSR count). The molecular weight excluding hydrogens is 396 g/mol. The van der Waals surface area contributed by atoms with Crippen LogP contribution in [0.3, 0.4) is 0 Å². The maximum Gasteiger partial charge on any atom is 0.139 e. The second kappa shape index (κ2) is 6.16. The molecule has 0 atom stereocenters. The van der Waals surface area contributed by atoms with Crippen LogP contribution in [0, 0.1) is 0 Å². The quantitative estimate of drug-likeness (QED) is 0.250. The van der Waals surface area contributed by atoms with Crippen LogP contribution in [0.2, 0.25) is 0 Å². The first-order valence-electron chi connectivity index (χ1n) is 10.4. The van der Waals surface area contributed by atoms with Crippen molar-refractivity contribution in [1.29, 1.82) is 0 Å². The van der Waals surface area contributed by atoms with Crippen molar-refractivity contribution in [3.63, 3.8) is 0 Å². The van der Waals surface area contributed by atoms with Gasteiger partial charge in [-0.1, -0.05) is 60.7 Å². The molecule has 2 aromatic heterocycles. The number of hydrogen-bond acceptors (Lipinski definition) is 2. The maximum absolute atomic E-state index is 4.53. The summed E-state index contributed by atoms with van der Waals surface area (Å²) >= 11 is 1.87. The van der Waals surface area contributed by atoms with Crippen molar-refractivity contribution in [2.45, 2.75) is 0 Å². The lowest BCUT2D eigenvalue weighted by atomic mass is 9.93. The van der Waals surface area contributed by atoms with Gasteiger partial charge in [-0.15, -0.1) is 11.3 Å². The fourth-order valence-electron chi connectivity index (χ4n) is 4.96. The molecule has 146 valence electrons. The third-order valence-corrected chi connectivity index (χ3v) is 7.53. The number of benzene rings is 5. The van der Waals surface area contributed by atoms with E-state index in [0.29, 0.717) is 0 Å². The van der Waals surface area contributed by atoms with Crippen LogP contribution in [0.4, 0.5) is 0 Å². The Morgan fingerprint density at radius 2 is 1.23 bits per heavy atom. The Morgan fingerprint density at radius 1 is 0.613 bits per heavy atom. The molecule has 2 nitrogen and oxygen atoms in total. The van der Waals surface area contributed by atoms with Gasteiger partial charge >= 0.3 is 0 Å². The summed E-state index contributed by atoms with van der Waals surface area (Å²) in [6, 6.07) is 29.1.